The predicted octanol–water partition coefficient (Wildman–Crippen LogP) is 24.8. The highest BCUT2D eigenvalue weighted by atomic mass is 16.6. The molecule has 0 aromatic rings. The van der Waals surface area contributed by atoms with Gasteiger partial charge in [0.2, 0.25) is 0 Å². The largest absolute Gasteiger partial charge is 0.462 e. The van der Waals surface area contributed by atoms with Crippen molar-refractivity contribution >= 4 is 17.9 Å². The summed E-state index contributed by atoms with van der Waals surface area (Å²) in [5, 5.41) is 0. The first-order valence-corrected chi connectivity index (χ1v) is 35.9. The average molecular weight is 1150 g/mol. The molecule has 0 fully saturated rings. The number of hydrogen-bond acceptors (Lipinski definition) is 6. The number of carbonyl (C=O) groups excluding carboxylic acids is 3. The molecule has 82 heavy (non-hydrogen) atoms. The SMILES string of the molecule is CCCCCCC/C=C\C/C=C\C/C=C\CCCCCCCCCCCCCCCCC(=O)OCC(COC(=O)CCCCCCCCCCCC)OC(=O)CCCCCCCCCCCC/C=C\C/C=C\C/C=C\CCCCCCC. The van der Waals surface area contributed by atoms with Crippen LogP contribution in [0.2, 0.25) is 0 Å². The molecule has 6 nitrogen and oxygen atoms in total. The molecule has 0 rings (SSSR count). The van der Waals surface area contributed by atoms with Gasteiger partial charge in [-0.2, -0.15) is 0 Å². The van der Waals surface area contributed by atoms with Gasteiger partial charge in [0, 0.05) is 19.3 Å². The number of allylic oxidation sites excluding steroid dienone is 12. The molecule has 0 amide bonds. The average Bonchev–Trinajstić information content (AvgIpc) is 3.48. The molecule has 0 spiro atoms. The van der Waals surface area contributed by atoms with Gasteiger partial charge < -0.3 is 14.2 Å². The zero-order valence-corrected chi connectivity index (χ0v) is 54.8. The van der Waals surface area contributed by atoms with Crippen molar-refractivity contribution in [1.82, 2.24) is 0 Å². The van der Waals surface area contributed by atoms with E-state index < -0.39 is 6.10 Å². The van der Waals surface area contributed by atoms with Crippen molar-refractivity contribution in [3.8, 4) is 0 Å². The van der Waals surface area contributed by atoms with Gasteiger partial charge in [-0.1, -0.05) is 331 Å². The number of carbonyl (C=O) groups is 3. The molecule has 0 aliphatic carbocycles. The van der Waals surface area contributed by atoms with Gasteiger partial charge in [-0.15, -0.1) is 0 Å². The summed E-state index contributed by atoms with van der Waals surface area (Å²) >= 11 is 0. The molecule has 1 unspecified atom stereocenters. The van der Waals surface area contributed by atoms with Crippen LogP contribution < -0.4 is 0 Å². The van der Waals surface area contributed by atoms with Crippen LogP contribution in [-0.2, 0) is 28.6 Å². The third kappa shape index (κ3) is 67.6. The molecule has 6 heteroatoms. The summed E-state index contributed by atoms with van der Waals surface area (Å²) in [6.07, 6.45) is 92.2. The Morgan fingerprint density at radius 2 is 0.439 bits per heavy atom. The van der Waals surface area contributed by atoms with E-state index in [2.05, 4.69) is 93.7 Å². The Hall–Kier alpha value is -3.15. The standard InChI is InChI=1S/C76H136O6/c1-4-7-10-13-16-19-22-24-26-28-30-32-34-36-37-38-39-41-42-44-46-48-50-52-54-57-60-63-66-69-75(78)81-72-73(71-80-74(77)68-65-62-59-56-21-18-15-12-9-6-3)82-76(79)70-67-64-61-58-55-53-51-49-47-45-43-40-35-33-31-29-27-25-23-20-17-14-11-8-5-2/h22-25,28-31,34-36,40,73H,4-21,26-27,32-33,37-39,41-72H2,1-3H3/b24-22-,25-23-,30-28-,31-29-,36-34-,40-35-. The highest BCUT2D eigenvalue weighted by Gasteiger charge is 2.19. The van der Waals surface area contributed by atoms with E-state index in [1.807, 2.05) is 0 Å². The summed E-state index contributed by atoms with van der Waals surface area (Å²) in [5.41, 5.74) is 0. The van der Waals surface area contributed by atoms with Crippen LogP contribution in [0.25, 0.3) is 0 Å². The molecule has 0 aliphatic rings. The number of hydrogen-bond donors (Lipinski definition) is 0. The molecule has 1 atom stereocenters. The quantitative estimate of drug-likeness (QED) is 0.0261. The predicted molar refractivity (Wildman–Crippen MR) is 358 cm³/mol. The van der Waals surface area contributed by atoms with E-state index in [0.29, 0.717) is 19.3 Å². The summed E-state index contributed by atoms with van der Waals surface area (Å²) in [7, 11) is 0. The van der Waals surface area contributed by atoms with Gasteiger partial charge in [0.25, 0.3) is 0 Å². The van der Waals surface area contributed by atoms with Crippen LogP contribution >= 0.6 is 0 Å². The van der Waals surface area contributed by atoms with Crippen molar-refractivity contribution in [3.05, 3.63) is 72.9 Å². The van der Waals surface area contributed by atoms with Crippen LogP contribution in [0.1, 0.15) is 374 Å². The van der Waals surface area contributed by atoms with Crippen molar-refractivity contribution in [2.75, 3.05) is 13.2 Å². The molecule has 0 saturated carbocycles. The Kier molecular flexibility index (Phi) is 67.6. The summed E-state index contributed by atoms with van der Waals surface area (Å²) < 4.78 is 17.0. The van der Waals surface area contributed by atoms with Gasteiger partial charge in [-0.3, -0.25) is 14.4 Å². The zero-order chi connectivity index (χ0) is 59.2. The lowest BCUT2D eigenvalue weighted by atomic mass is 10.0. The highest BCUT2D eigenvalue weighted by molar-refractivity contribution is 5.71. The molecule has 0 radical (unpaired) electrons. The number of esters is 3. The van der Waals surface area contributed by atoms with Gasteiger partial charge >= 0.3 is 17.9 Å². The van der Waals surface area contributed by atoms with Gasteiger partial charge in [-0.05, 0) is 96.3 Å². The second kappa shape index (κ2) is 70.3. The molecule has 0 bridgehead atoms. The second-order valence-electron chi connectivity index (χ2n) is 24.1. The maximum Gasteiger partial charge on any atom is 0.306 e. The topological polar surface area (TPSA) is 78.9 Å². The van der Waals surface area contributed by atoms with Gasteiger partial charge in [-0.25, -0.2) is 0 Å². The molecule has 0 heterocycles. The van der Waals surface area contributed by atoms with Crippen LogP contribution in [0.5, 0.6) is 0 Å². The first-order chi connectivity index (χ1) is 40.5. The molecule has 0 aliphatic heterocycles. The van der Waals surface area contributed by atoms with Crippen LogP contribution in [0, 0.1) is 0 Å². The Morgan fingerprint density at radius 3 is 0.683 bits per heavy atom. The molecular formula is C76H136O6. The fourth-order valence-corrected chi connectivity index (χ4v) is 10.5. The minimum atomic E-state index is -0.777. The van der Waals surface area contributed by atoms with Crippen molar-refractivity contribution < 1.29 is 28.6 Å². The molecule has 0 aromatic carbocycles. The monoisotopic (exact) mass is 1150 g/mol. The Labute approximate surface area is 510 Å². The smallest absolute Gasteiger partial charge is 0.306 e. The highest BCUT2D eigenvalue weighted by Crippen LogP contribution is 2.18. The van der Waals surface area contributed by atoms with E-state index in [4.69, 9.17) is 14.2 Å². The van der Waals surface area contributed by atoms with E-state index in [1.165, 1.54) is 250 Å². The molecule has 0 N–H and O–H groups in total. The normalized spacial score (nSPS) is 12.5. The van der Waals surface area contributed by atoms with E-state index in [-0.39, 0.29) is 31.1 Å². The summed E-state index contributed by atoms with van der Waals surface area (Å²) in [6, 6.07) is 0. The molecule has 476 valence electrons. The fraction of sp³-hybridized carbons (Fsp3) is 0.803. The third-order valence-corrected chi connectivity index (χ3v) is 15.9. The summed E-state index contributed by atoms with van der Waals surface area (Å²) in [4.78, 5) is 38.4. The lowest BCUT2D eigenvalue weighted by Crippen LogP contribution is -2.30. The zero-order valence-electron chi connectivity index (χ0n) is 54.8. The van der Waals surface area contributed by atoms with Crippen LogP contribution in [-0.4, -0.2) is 37.2 Å². The number of rotatable bonds is 66. The van der Waals surface area contributed by atoms with E-state index >= 15 is 0 Å². The first kappa shape index (κ1) is 78.8. The molecule has 0 saturated heterocycles. The Balaban J connectivity index is 4.18. The van der Waals surface area contributed by atoms with Crippen molar-refractivity contribution in [3.63, 3.8) is 0 Å². The van der Waals surface area contributed by atoms with Crippen LogP contribution in [0.3, 0.4) is 0 Å². The van der Waals surface area contributed by atoms with Crippen molar-refractivity contribution in [2.24, 2.45) is 0 Å². The Bertz CT molecular complexity index is 1500. The van der Waals surface area contributed by atoms with Crippen molar-refractivity contribution in [2.45, 2.75) is 380 Å². The Morgan fingerprint density at radius 1 is 0.244 bits per heavy atom. The fourth-order valence-electron chi connectivity index (χ4n) is 10.5. The van der Waals surface area contributed by atoms with E-state index in [1.54, 1.807) is 0 Å². The lowest BCUT2D eigenvalue weighted by Gasteiger charge is -2.18. The maximum atomic E-state index is 12.9. The maximum absolute atomic E-state index is 12.9. The van der Waals surface area contributed by atoms with Gasteiger partial charge in [0.15, 0.2) is 6.10 Å². The summed E-state index contributed by atoms with van der Waals surface area (Å²) in [6.45, 7) is 6.65. The molecular weight excluding hydrogens is 1010 g/mol. The second-order valence-corrected chi connectivity index (χ2v) is 24.1. The van der Waals surface area contributed by atoms with Gasteiger partial charge in [0.05, 0.1) is 0 Å². The molecule has 0 aromatic heterocycles. The minimum Gasteiger partial charge on any atom is -0.462 e. The van der Waals surface area contributed by atoms with Crippen LogP contribution in [0.15, 0.2) is 72.9 Å². The number of ether oxygens (including phenoxy) is 3. The first-order valence-electron chi connectivity index (χ1n) is 35.9. The van der Waals surface area contributed by atoms with Crippen molar-refractivity contribution in [1.29, 1.82) is 0 Å². The van der Waals surface area contributed by atoms with Gasteiger partial charge in [0.1, 0.15) is 13.2 Å². The lowest BCUT2D eigenvalue weighted by molar-refractivity contribution is -0.167. The minimum absolute atomic E-state index is 0.0730. The number of unbranched alkanes of at least 4 members (excludes halogenated alkanes) is 43. The van der Waals surface area contributed by atoms with E-state index in [9.17, 15) is 14.4 Å². The van der Waals surface area contributed by atoms with E-state index in [0.717, 1.165) is 83.5 Å². The third-order valence-electron chi connectivity index (χ3n) is 15.9. The summed E-state index contributed by atoms with van der Waals surface area (Å²) in [5.74, 6) is -0.859. The van der Waals surface area contributed by atoms with Crippen LogP contribution in [0.4, 0.5) is 0 Å².